The van der Waals surface area contributed by atoms with Crippen LogP contribution in [0.25, 0.3) is 6.08 Å². The first kappa shape index (κ1) is 16.9. The summed E-state index contributed by atoms with van der Waals surface area (Å²) in [7, 11) is 1.36. The number of carbonyl (C=O) groups is 1. The first-order valence-electron chi connectivity index (χ1n) is 6.57. The maximum atomic E-state index is 12.2. The molecule has 0 radical (unpaired) electrons. The number of hydrogen-bond donors (Lipinski definition) is 1. The number of rotatable bonds is 7. The topological polar surface area (TPSA) is 47.6 Å². The van der Waals surface area contributed by atoms with Gasteiger partial charge in [0.2, 0.25) is 5.91 Å². The van der Waals surface area contributed by atoms with Crippen molar-refractivity contribution in [1.29, 1.82) is 0 Å². The summed E-state index contributed by atoms with van der Waals surface area (Å²) in [5.41, 5.74) is 0.646. The third-order valence-electron chi connectivity index (χ3n) is 2.83. The highest BCUT2D eigenvalue weighted by Gasteiger charge is 2.10. The second kappa shape index (κ2) is 8.24. The molecule has 1 N–H and O–H groups in total. The van der Waals surface area contributed by atoms with Crippen LogP contribution in [-0.2, 0) is 4.79 Å². The number of nitrogens with one attached hydrogen (secondary N) is 1. The molecule has 116 valence electrons. The molecule has 1 amide bonds. The smallest absolute Gasteiger partial charge is 0.387 e. The molecule has 1 rings (SSSR count). The van der Waals surface area contributed by atoms with Gasteiger partial charge in [0.15, 0.2) is 11.5 Å². The number of amides is 1. The van der Waals surface area contributed by atoms with Gasteiger partial charge in [0, 0.05) is 12.1 Å². The van der Waals surface area contributed by atoms with Crippen molar-refractivity contribution in [2.45, 2.75) is 32.9 Å². The lowest BCUT2D eigenvalue weighted by molar-refractivity contribution is -0.117. The molecule has 0 aliphatic carbocycles. The standard InChI is InChI=1S/C15H19F2NO3/c1-4-10(2)18-14(19)8-6-11-5-7-12(21-15(16)17)13(9-11)20-3/h5-10,15H,4H2,1-3H3,(H,18,19)/b8-6+/t10-/m0/s1. The molecule has 0 unspecified atom stereocenters. The van der Waals surface area contributed by atoms with Gasteiger partial charge in [0.1, 0.15) is 0 Å². The lowest BCUT2D eigenvalue weighted by Crippen LogP contribution is -2.30. The molecule has 0 saturated heterocycles. The number of benzene rings is 1. The number of alkyl halides is 2. The van der Waals surface area contributed by atoms with Crippen LogP contribution in [0.3, 0.4) is 0 Å². The van der Waals surface area contributed by atoms with E-state index in [-0.39, 0.29) is 23.4 Å². The highest BCUT2D eigenvalue weighted by Crippen LogP contribution is 2.29. The lowest BCUT2D eigenvalue weighted by Gasteiger charge is -2.10. The largest absolute Gasteiger partial charge is 0.493 e. The maximum Gasteiger partial charge on any atom is 0.387 e. The van der Waals surface area contributed by atoms with Crippen LogP contribution in [0, 0.1) is 0 Å². The average Bonchev–Trinajstić information content (AvgIpc) is 2.45. The van der Waals surface area contributed by atoms with Gasteiger partial charge in [-0.1, -0.05) is 13.0 Å². The van der Waals surface area contributed by atoms with Crippen LogP contribution in [0.4, 0.5) is 8.78 Å². The molecule has 0 aliphatic rings. The molecule has 4 nitrogen and oxygen atoms in total. The van der Waals surface area contributed by atoms with Gasteiger partial charge < -0.3 is 14.8 Å². The van der Waals surface area contributed by atoms with Crippen LogP contribution < -0.4 is 14.8 Å². The molecule has 0 heterocycles. The monoisotopic (exact) mass is 299 g/mol. The summed E-state index contributed by atoms with van der Waals surface area (Å²) in [6, 6.07) is 4.55. The van der Waals surface area contributed by atoms with Gasteiger partial charge in [0.05, 0.1) is 7.11 Å². The lowest BCUT2D eigenvalue weighted by atomic mass is 10.2. The van der Waals surface area contributed by atoms with Crippen molar-refractivity contribution in [3.05, 3.63) is 29.8 Å². The van der Waals surface area contributed by atoms with E-state index in [1.54, 1.807) is 12.1 Å². The van der Waals surface area contributed by atoms with Crippen molar-refractivity contribution in [2.75, 3.05) is 7.11 Å². The molecule has 6 heteroatoms. The molecular formula is C15H19F2NO3. The summed E-state index contributed by atoms with van der Waals surface area (Å²) >= 11 is 0. The predicted molar refractivity (Wildman–Crippen MR) is 76.6 cm³/mol. The van der Waals surface area contributed by atoms with Crippen molar-refractivity contribution < 1.29 is 23.0 Å². The molecular weight excluding hydrogens is 280 g/mol. The van der Waals surface area contributed by atoms with E-state index in [9.17, 15) is 13.6 Å². The van der Waals surface area contributed by atoms with Gasteiger partial charge in [-0.25, -0.2) is 0 Å². The van der Waals surface area contributed by atoms with Gasteiger partial charge in [-0.3, -0.25) is 4.79 Å². The first-order chi connectivity index (χ1) is 9.96. The third kappa shape index (κ3) is 5.81. The Morgan fingerprint density at radius 1 is 1.38 bits per heavy atom. The predicted octanol–water partition coefficient (Wildman–Crippen LogP) is 3.22. The average molecular weight is 299 g/mol. The van der Waals surface area contributed by atoms with Crippen LogP contribution in [0.1, 0.15) is 25.8 Å². The van der Waals surface area contributed by atoms with Crippen molar-refractivity contribution in [2.24, 2.45) is 0 Å². The van der Waals surface area contributed by atoms with E-state index in [4.69, 9.17) is 4.74 Å². The van der Waals surface area contributed by atoms with Crippen molar-refractivity contribution in [3.63, 3.8) is 0 Å². The fourth-order valence-corrected chi connectivity index (χ4v) is 1.55. The van der Waals surface area contributed by atoms with E-state index in [0.29, 0.717) is 5.56 Å². The summed E-state index contributed by atoms with van der Waals surface area (Å²) < 4.78 is 33.7. The Bertz CT molecular complexity index is 504. The van der Waals surface area contributed by atoms with Gasteiger partial charge in [0.25, 0.3) is 0 Å². The summed E-state index contributed by atoms with van der Waals surface area (Å²) in [6.45, 7) is 0.966. The van der Waals surface area contributed by atoms with E-state index >= 15 is 0 Å². The summed E-state index contributed by atoms with van der Waals surface area (Å²) in [4.78, 5) is 11.6. The zero-order valence-corrected chi connectivity index (χ0v) is 12.2. The molecule has 0 aliphatic heterocycles. The van der Waals surface area contributed by atoms with Gasteiger partial charge in [-0.05, 0) is 37.1 Å². The third-order valence-corrected chi connectivity index (χ3v) is 2.83. The maximum absolute atomic E-state index is 12.2. The van der Waals surface area contributed by atoms with E-state index in [2.05, 4.69) is 10.1 Å². The first-order valence-corrected chi connectivity index (χ1v) is 6.57. The normalized spacial score (nSPS) is 12.5. The Morgan fingerprint density at radius 2 is 2.10 bits per heavy atom. The second-order valence-corrected chi connectivity index (χ2v) is 4.44. The fraction of sp³-hybridized carbons (Fsp3) is 0.400. The Hall–Kier alpha value is -2.11. The van der Waals surface area contributed by atoms with E-state index < -0.39 is 6.61 Å². The molecule has 1 aromatic carbocycles. The molecule has 1 aromatic rings. The second-order valence-electron chi connectivity index (χ2n) is 4.44. The van der Waals surface area contributed by atoms with Crippen LogP contribution >= 0.6 is 0 Å². The number of methoxy groups -OCH3 is 1. The molecule has 0 fully saturated rings. The Balaban J connectivity index is 2.78. The molecule has 0 spiro atoms. The van der Waals surface area contributed by atoms with E-state index in [1.165, 1.54) is 25.3 Å². The minimum absolute atomic E-state index is 0.0475. The highest BCUT2D eigenvalue weighted by molar-refractivity contribution is 5.91. The molecule has 1 atom stereocenters. The minimum Gasteiger partial charge on any atom is -0.493 e. The van der Waals surface area contributed by atoms with Crippen molar-refractivity contribution in [1.82, 2.24) is 5.32 Å². The van der Waals surface area contributed by atoms with Gasteiger partial charge in [-0.15, -0.1) is 0 Å². The zero-order valence-electron chi connectivity index (χ0n) is 12.2. The number of carbonyl (C=O) groups excluding carboxylic acids is 1. The van der Waals surface area contributed by atoms with Crippen LogP contribution in [0.5, 0.6) is 11.5 Å². The highest BCUT2D eigenvalue weighted by atomic mass is 19.3. The number of ether oxygens (including phenoxy) is 2. The van der Waals surface area contributed by atoms with Gasteiger partial charge >= 0.3 is 6.61 Å². The Labute approximate surface area is 122 Å². The molecule has 0 bridgehead atoms. The Kier molecular flexibility index (Phi) is 6.65. The number of halogens is 2. The zero-order chi connectivity index (χ0) is 15.8. The molecule has 0 aromatic heterocycles. The Morgan fingerprint density at radius 3 is 2.67 bits per heavy atom. The van der Waals surface area contributed by atoms with Crippen LogP contribution in [-0.4, -0.2) is 25.7 Å². The fourth-order valence-electron chi connectivity index (χ4n) is 1.55. The SMILES string of the molecule is CC[C@H](C)NC(=O)/C=C/c1ccc(OC(F)F)c(OC)c1. The van der Waals surface area contributed by atoms with E-state index in [0.717, 1.165) is 6.42 Å². The van der Waals surface area contributed by atoms with Crippen LogP contribution in [0.2, 0.25) is 0 Å². The summed E-state index contributed by atoms with van der Waals surface area (Å²) in [5, 5.41) is 2.79. The number of hydrogen-bond acceptors (Lipinski definition) is 3. The van der Waals surface area contributed by atoms with Crippen molar-refractivity contribution >= 4 is 12.0 Å². The summed E-state index contributed by atoms with van der Waals surface area (Å²) in [6.07, 6.45) is 3.80. The van der Waals surface area contributed by atoms with Crippen LogP contribution in [0.15, 0.2) is 24.3 Å². The molecule has 21 heavy (non-hydrogen) atoms. The van der Waals surface area contributed by atoms with Gasteiger partial charge in [-0.2, -0.15) is 8.78 Å². The minimum atomic E-state index is -2.92. The quantitative estimate of drug-likeness (QED) is 0.786. The summed E-state index contributed by atoms with van der Waals surface area (Å²) in [5.74, 6) is -0.0790. The molecule has 0 saturated carbocycles. The van der Waals surface area contributed by atoms with E-state index in [1.807, 2.05) is 13.8 Å². The van der Waals surface area contributed by atoms with Crippen molar-refractivity contribution in [3.8, 4) is 11.5 Å².